The van der Waals surface area contributed by atoms with Crippen molar-refractivity contribution in [1.82, 2.24) is 0 Å². The summed E-state index contributed by atoms with van der Waals surface area (Å²) >= 11 is 0. The Labute approximate surface area is 113 Å². The minimum Gasteiger partial charge on any atom is -0.496 e. The normalized spacial score (nSPS) is 12.4. The van der Waals surface area contributed by atoms with Crippen molar-refractivity contribution < 1.29 is 13.5 Å². The first-order chi connectivity index (χ1) is 7.95. The summed E-state index contributed by atoms with van der Waals surface area (Å²) in [5.41, 5.74) is 7.51. The number of hydrogen-bond donors (Lipinski definition) is 1. The maximum Gasteiger partial charge on any atom is 0.240 e. The largest absolute Gasteiger partial charge is 0.496 e. The molecular formula is C13H20ClF2NO. The van der Waals surface area contributed by atoms with E-state index in [1.54, 1.807) is 6.07 Å². The van der Waals surface area contributed by atoms with Gasteiger partial charge in [0.25, 0.3) is 0 Å². The molecule has 0 aliphatic heterocycles. The lowest BCUT2D eigenvalue weighted by molar-refractivity contribution is 0.128. The highest BCUT2D eigenvalue weighted by Crippen LogP contribution is 2.30. The second-order valence-corrected chi connectivity index (χ2v) is 4.39. The van der Waals surface area contributed by atoms with E-state index >= 15 is 0 Å². The topological polar surface area (TPSA) is 35.2 Å². The highest BCUT2D eigenvalue weighted by Gasteiger charge is 2.17. The van der Waals surface area contributed by atoms with Gasteiger partial charge in [0.05, 0.1) is 7.11 Å². The molecule has 2 N–H and O–H groups in total. The van der Waals surface area contributed by atoms with Crippen molar-refractivity contribution in [2.45, 2.75) is 38.7 Å². The monoisotopic (exact) mass is 279 g/mol. The first-order valence-corrected chi connectivity index (χ1v) is 5.67. The minimum atomic E-state index is -2.41. The summed E-state index contributed by atoms with van der Waals surface area (Å²) in [5, 5.41) is 0. The van der Waals surface area contributed by atoms with Crippen molar-refractivity contribution in [3.63, 3.8) is 0 Å². The van der Waals surface area contributed by atoms with Crippen LogP contribution in [-0.4, -0.2) is 13.5 Å². The molecule has 1 aromatic carbocycles. The second-order valence-electron chi connectivity index (χ2n) is 4.39. The van der Waals surface area contributed by atoms with E-state index in [2.05, 4.69) is 0 Å². The molecule has 1 rings (SSSR count). The average Bonchev–Trinajstić information content (AvgIpc) is 2.27. The Morgan fingerprint density at radius 3 is 2.33 bits per heavy atom. The maximum absolute atomic E-state index is 12.3. The van der Waals surface area contributed by atoms with Crippen molar-refractivity contribution in [2.75, 3.05) is 7.11 Å². The van der Waals surface area contributed by atoms with Crippen molar-refractivity contribution in [3.05, 3.63) is 29.3 Å². The predicted molar refractivity (Wildman–Crippen MR) is 71.9 cm³/mol. The zero-order chi connectivity index (χ0) is 13.0. The van der Waals surface area contributed by atoms with Gasteiger partial charge in [0, 0.05) is 18.0 Å². The summed E-state index contributed by atoms with van der Waals surface area (Å²) in [7, 11) is 1.52. The second kappa shape index (κ2) is 7.54. The van der Waals surface area contributed by atoms with E-state index in [0.717, 1.165) is 5.56 Å². The Bertz CT molecular complexity index is 372. The lowest BCUT2D eigenvalue weighted by atomic mass is 9.96. The van der Waals surface area contributed by atoms with Crippen LogP contribution in [0.25, 0.3) is 0 Å². The summed E-state index contributed by atoms with van der Waals surface area (Å²) in [6, 6.07) is 4.89. The van der Waals surface area contributed by atoms with Gasteiger partial charge in [-0.2, -0.15) is 0 Å². The number of nitrogens with two attached hydrogens (primary N) is 1. The molecule has 0 saturated heterocycles. The average molecular weight is 280 g/mol. The minimum absolute atomic E-state index is 0. The molecule has 0 aliphatic carbocycles. The number of hydrogen-bond acceptors (Lipinski definition) is 2. The first-order valence-electron chi connectivity index (χ1n) is 5.67. The van der Waals surface area contributed by atoms with Gasteiger partial charge in [-0.1, -0.05) is 26.0 Å². The fraction of sp³-hybridized carbons (Fsp3) is 0.538. The van der Waals surface area contributed by atoms with E-state index in [4.69, 9.17) is 10.5 Å². The maximum atomic E-state index is 12.3. The number of alkyl halides is 2. The van der Waals surface area contributed by atoms with Crippen molar-refractivity contribution >= 4 is 12.4 Å². The fourth-order valence-corrected chi connectivity index (χ4v) is 1.72. The standard InChI is InChI=1S/C13H19F2NO.ClH/c1-8(2)9-4-5-12(17-3)10(6-9)11(16)7-13(14)15;/h4-6,8,11,13H,7,16H2,1-3H3;1H/t11-;/m1./s1. The molecule has 0 radical (unpaired) electrons. The van der Waals surface area contributed by atoms with Crippen LogP contribution < -0.4 is 10.5 Å². The van der Waals surface area contributed by atoms with Gasteiger partial charge >= 0.3 is 0 Å². The third-order valence-electron chi connectivity index (χ3n) is 2.75. The van der Waals surface area contributed by atoms with E-state index < -0.39 is 12.5 Å². The van der Waals surface area contributed by atoms with Crippen LogP contribution in [0.2, 0.25) is 0 Å². The van der Waals surface area contributed by atoms with Gasteiger partial charge in [0.1, 0.15) is 5.75 Å². The Morgan fingerprint density at radius 1 is 1.28 bits per heavy atom. The van der Waals surface area contributed by atoms with Crippen LogP contribution in [0.1, 0.15) is 43.4 Å². The number of methoxy groups -OCH3 is 1. The molecule has 18 heavy (non-hydrogen) atoms. The molecule has 0 aliphatic rings. The van der Waals surface area contributed by atoms with Gasteiger partial charge in [-0.15, -0.1) is 12.4 Å². The van der Waals surface area contributed by atoms with E-state index in [0.29, 0.717) is 17.2 Å². The molecular weight excluding hydrogens is 260 g/mol. The van der Waals surface area contributed by atoms with E-state index in [-0.39, 0.29) is 18.8 Å². The van der Waals surface area contributed by atoms with Crippen LogP contribution >= 0.6 is 12.4 Å². The molecule has 1 aromatic rings. The zero-order valence-electron chi connectivity index (χ0n) is 10.8. The van der Waals surface area contributed by atoms with Crippen LogP contribution in [0.5, 0.6) is 5.75 Å². The zero-order valence-corrected chi connectivity index (χ0v) is 11.6. The number of rotatable bonds is 5. The first kappa shape index (κ1) is 17.1. The molecule has 2 nitrogen and oxygen atoms in total. The molecule has 0 saturated carbocycles. The molecule has 0 aromatic heterocycles. The van der Waals surface area contributed by atoms with Crippen LogP contribution in [0.3, 0.4) is 0 Å². The van der Waals surface area contributed by atoms with Crippen LogP contribution in [-0.2, 0) is 0 Å². The van der Waals surface area contributed by atoms with Gasteiger partial charge in [-0.25, -0.2) is 8.78 Å². The third kappa shape index (κ3) is 4.42. The van der Waals surface area contributed by atoms with E-state index in [1.807, 2.05) is 26.0 Å². The number of halogens is 3. The Hall–Kier alpha value is -0.870. The lowest BCUT2D eigenvalue weighted by Gasteiger charge is -2.17. The van der Waals surface area contributed by atoms with Crippen LogP contribution in [0.4, 0.5) is 8.78 Å². The number of ether oxygens (including phenoxy) is 1. The van der Waals surface area contributed by atoms with E-state index in [9.17, 15) is 8.78 Å². The van der Waals surface area contributed by atoms with Crippen molar-refractivity contribution in [3.8, 4) is 5.75 Å². The SMILES string of the molecule is COc1ccc(C(C)C)cc1[C@H](N)CC(F)F.Cl. The molecule has 0 bridgehead atoms. The van der Waals surface area contributed by atoms with Crippen LogP contribution in [0.15, 0.2) is 18.2 Å². The summed E-state index contributed by atoms with van der Waals surface area (Å²) in [4.78, 5) is 0. The summed E-state index contributed by atoms with van der Waals surface area (Å²) in [6.45, 7) is 4.09. The molecule has 1 atom stereocenters. The summed E-state index contributed by atoms with van der Waals surface area (Å²) in [5.74, 6) is 0.904. The fourth-order valence-electron chi connectivity index (χ4n) is 1.72. The van der Waals surface area contributed by atoms with E-state index in [1.165, 1.54) is 7.11 Å². The summed E-state index contributed by atoms with van der Waals surface area (Å²) in [6.07, 6.45) is -2.75. The molecule has 0 spiro atoms. The quantitative estimate of drug-likeness (QED) is 0.887. The molecule has 5 heteroatoms. The molecule has 104 valence electrons. The van der Waals surface area contributed by atoms with Crippen molar-refractivity contribution in [1.29, 1.82) is 0 Å². The molecule has 0 unspecified atom stereocenters. The Kier molecular flexibility index (Phi) is 7.18. The predicted octanol–water partition coefficient (Wildman–Crippen LogP) is 3.90. The molecule has 0 amide bonds. The van der Waals surface area contributed by atoms with Crippen LogP contribution in [0, 0.1) is 0 Å². The Morgan fingerprint density at radius 2 is 1.89 bits per heavy atom. The lowest BCUT2D eigenvalue weighted by Crippen LogP contribution is -2.15. The summed E-state index contributed by atoms with van der Waals surface area (Å²) < 4.78 is 29.8. The molecule has 0 fully saturated rings. The molecule has 0 heterocycles. The van der Waals surface area contributed by atoms with Gasteiger partial charge in [0.15, 0.2) is 0 Å². The van der Waals surface area contributed by atoms with Gasteiger partial charge in [-0.3, -0.25) is 0 Å². The van der Waals surface area contributed by atoms with Gasteiger partial charge in [-0.05, 0) is 17.5 Å². The Balaban J connectivity index is 0.00000289. The third-order valence-corrected chi connectivity index (χ3v) is 2.75. The van der Waals surface area contributed by atoms with Gasteiger partial charge < -0.3 is 10.5 Å². The van der Waals surface area contributed by atoms with Crippen molar-refractivity contribution in [2.24, 2.45) is 5.73 Å². The number of benzene rings is 1. The smallest absolute Gasteiger partial charge is 0.240 e. The van der Waals surface area contributed by atoms with Gasteiger partial charge in [0.2, 0.25) is 6.43 Å². The highest BCUT2D eigenvalue weighted by atomic mass is 35.5. The highest BCUT2D eigenvalue weighted by molar-refractivity contribution is 5.85.